The number of nitrogens with zero attached hydrogens (tertiary/aromatic N) is 3. The number of carbonyl (C=O) groups excluding carboxylic acids is 3. The zero-order valence-corrected chi connectivity index (χ0v) is 22.6. The Morgan fingerprint density at radius 1 is 1.31 bits per heavy atom. The van der Waals surface area contributed by atoms with Crippen LogP contribution in [0.4, 0.5) is 9.18 Å². The van der Waals surface area contributed by atoms with E-state index in [1.165, 1.54) is 28.8 Å². The minimum absolute atomic E-state index is 0.180. The lowest BCUT2D eigenvalue weighted by Gasteiger charge is -2.16. The van der Waals surface area contributed by atoms with Gasteiger partial charge in [0, 0.05) is 43.5 Å². The Kier molecular flexibility index (Phi) is 10.1. The second kappa shape index (κ2) is 13.5. The van der Waals surface area contributed by atoms with Crippen LogP contribution in [0.25, 0.3) is 11.0 Å². The van der Waals surface area contributed by atoms with E-state index >= 15 is 0 Å². The third-order valence-electron chi connectivity index (χ3n) is 6.25. The molecule has 0 saturated carbocycles. The van der Waals surface area contributed by atoms with Gasteiger partial charge in [-0.1, -0.05) is 25.5 Å². The molecule has 208 valence electrons. The normalized spacial score (nSPS) is 12.0. The molecule has 39 heavy (non-hydrogen) atoms. The molecule has 0 unspecified atom stereocenters. The number of rotatable bonds is 12. The Bertz CT molecular complexity index is 1430. The molecule has 2 N–H and O–H groups in total. The highest BCUT2D eigenvalue weighted by molar-refractivity contribution is 5.89. The minimum atomic E-state index is -0.906. The number of hydrogen-bond donors (Lipinski definition) is 2. The van der Waals surface area contributed by atoms with Gasteiger partial charge in [-0.25, -0.2) is 9.18 Å². The van der Waals surface area contributed by atoms with Crippen LogP contribution in [0.2, 0.25) is 0 Å². The van der Waals surface area contributed by atoms with Gasteiger partial charge in [-0.05, 0) is 37.5 Å². The zero-order chi connectivity index (χ0) is 28.5. The maximum Gasteiger partial charge on any atom is 0.407 e. The van der Waals surface area contributed by atoms with Crippen molar-refractivity contribution in [3.05, 3.63) is 75.7 Å². The third kappa shape index (κ3) is 7.62. The number of hydrogen-bond acceptors (Lipinski definition) is 6. The van der Waals surface area contributed by atoms with Gasteiger partial charge < -0.3 is 24.5 Å². The van der Waals surface area contributed by atoms with E-state index in [1.807, 2.05) is 6.92 Å². The molecule has 0 aliphatic heterocycles. The van der Waals surface area contributed by atoms with Crippen LogP contribution in [0.3, 0.4) is 0 Å². The predicted molar refractivity (Wildman–Crippen MR) is 145 cm³/mol. The van der Waals surface area contributed by atoms with Gasteiger partial charge in [0.15, 0.2) is 5.78 Å². The number of pyridine rings is 2. The summed E-state index contributed by atoms with van der Waals surface area (Å²) in [5, 5.41) is 2.52. The van der Waals surface area contributed by atoms with Gasteiger partial charge in [-0.15, -0.1) is 0 Å². The number of nitrogens with one attached hydrogen (secondary N) is 2. The summed E-state index contributed by atoms with van der Waals surface area (Å²) in [6.07, 6.45) is 6.80. The van der Waals surface area contributed by atoms with Crippen LogP contribution in [0, 0.1) is 5.82 Å². The number of likely N-dealkylation sites (N-methyl/N-ethyl adjacent to an activating group) is 1. The van der Waals surface area contributed by atoms with Crippen molar-refractivity contribution in [2.75, 3.05) is 21.2 Å². The van der Waals surface area contributed by atoms with Crippen LogP contribution in [0.5, 0.6) is 0 Å². The number of allylic oxidation sites excluding steroid dienone is 1. The Hall–Kier alpha value is -4.28. The number of halogens is 1. The molecule has 0 spiro atoms. The van der Waals surface area contributed by atoms with Crippen LogP contribution in [0.15, 0.2) is 47.5 Å². The number of ketones is 1. The van der Waals surface area contributed by atoms with E-state index in [2.05, 4.69) is 20.0 Å². The third-order valence-corrected chi connectivity index (χ3v) is 6.25. The van der Waals surface area contributed by atoms with Gasteiger partial charge in [0.25, 0.3) is 5.56 Å². The SMILES string of the molecule is CCCc1c(F)cnc2cc(Cn3cccc(CC(=O)[C@H](CC/C=C/C(=O)N(C)C)NC(=O)OC)c3=O)[nH]c12. The molecule has 0 saturated heterocycles. The molecular weight excluding hydrogens is 505 g/mol. The number of ether oxygens (including phenoxy) is 1. The summed E-state index contributed by atoms with van der Waals surface area (Å²) in [5.74, 6) is -0.927. The lowest BCUT2D eigenvalue weighted by Crippen LogP contribution is -2.42. The van der Waals surface area contributed by atoms with Crippen LogP contribution < -0.4 is 10.9 Å². The summed E-state index contributed by atoms with van der Waals surface area (Å²) in [6, 6.07) is 4.12. The van der Waals surface area contributed by atoms with Gasteiger partial charge in [0.1, 0.15) is 5.82 Å². The van der Waals surface area contributed by atoms with Crippen molar-refractivity contribution in [1.29, 1.82) is 0 Å². The molecule has 0 aliphatic rings. The fourth-order valence-electron chi connectivity index (χ4n) is 4.18. The second-order valence-electron chi connectivity index (χ2n) is 9.40. The maximum atomic E-state index is 14.3. The standard InChI is InChI=1S/C28H34FN5O5/c1-5-9-20-21(29)16-30-23-15-19(31-26(20)23)17-34-13-8-10-18(27(34)37)14-24(35)22(32-28(38)39-4)11-6-7-12-25(36)33(2)3/h7-8,10,12-13,15-16,22,31H,5-6,9,11,14,17H2,1-4H3,(H,32,38)/b12-7+/t22-/m0/s1. The molecule has 0 bridgehead atoms. The number of methoxy groups -OCH3 is 1. The molecule has 3 rings (SSSR count). The first-order valence-electron chi connectivity index (χ1n) is 12.7. The largest absolute Gasteiger partial charge is 0.453 e. The summed E-state index contributed by atoms with van der Waals surface area (Å²) in [5.41, 5.74) is 2.38. The summed E-state index contributed by atoms with van der Waals surface area (Å²) in [7, 11) is 4.45. The number of aryl methyl sites for hydroxylation is 1. The second-order valence-corrected chi connectivity index (χ2v) is 9.40. The lowest BCUT2D eigenvalue weighted by molar-refractivity contribution is -0.123. The van der Waals surface area contributed by atoms with Crippen molar-refractivity contribution in [2.24, 2.45) is 0 Å². The zero-order valence-electron chi connectivity index (χ0n) is 22.6. The van der Waals surface area contributed by atoms with E-state index in [4.69, 9.17) is 0 Å². The number of Topliss-reactive ketones (excluding diaryl/α,β-unsaturated/α-hetero) is 1. The molecule has 3 heterocycles. The Morgan fingerprint density at radius 3 is 2.77 bits per heavy atom. The first-order chi connectivity index (χ1) is 18.6. The molecule has 2 amide bonds. The Morgan fingerprint density at radius 2 is 2.08 bits per heavy atom. The van der Waals surface area contributed by atoms with Crippen molar-refractivity contribution in [1.82, 2.24) is 24.8 Å². The smallest absolute Gasteiger partial charge is 0.407 e. The van der Waals surface area contributed by atoms with E-state index in [0.29, 0.717) is 35.1 Å². The van der Waals surface area contributed by atoms with Gasteiger partial charge in [-0.2, -0.15) is 0 Å². The molecule has 0 aliphatic carbocycles. The summed E-state index contributed by atoms with van der Waals surface area (Å²) in [6.45, 7) is 2.15. The Labute approximate surface area is 225 Å². The highest BCUT2D eigenvalue weighted by Crippen LogP contribution is 2.22. The molecule has 0 radical (unpaired) electrons. The molecule has 1 atom stereocenters. The molecule has 3 aromatic heterocycles. The predicted octanol–water partition coefficient (Wildman–Crippen LogP) is 3.13. The highest BCUT2D eigenvalue weighted by atomic mass is 19.1. The average Bonchev–Trinajstić information content (AvgIpc) is 3.32. The molecule has 10 nitrogen and oxygen atoms in total. The minimum Gasteiger partial charge on any atom is -0.453 e. The van der Waals surface area contributed by atoms with Crippen molar-refractivity contribution >= 4 is 28.8 Å². The fraction of sp³-hybridized carbons (Fsp3) is 0.393. The quantitative estimate of drug-likeness (QED) is 0.341. The number of aromatic nitrogens is 3. The summed E-state index contributed by atoms with van der Waals surface area (Å²) in [4.78, 5) is 58.6. The van der Waals surface area contributed by atoms with Crippen LogP contribution in [-0.4, -0.2) is 64.5 Å². The van der Waals surface area contributed by atoms with E-state index in [9.17, 15) is 23.6 Å². The molecule has 3 aromatic rings. The fourth-order valence-corrected chi connectivity index (χ4v) is 4.18. The van der Waals surface area contributed by atoms with Gasteiger partial charge >= 0.3 is 6.09 Å². The monoisotopic (exact) mass is 539 g/mol. The lowest BCUT2D eigenvalue weighted by atomic mass is 10.0. The van der Waals surface area contributed by atoms with Crippen molar-refractivity contribution in [3.63, 3.8) is 0 Å². The number of fused-ring (bicyclic) bond motifs is 1. The van der Waals surface area contributed by atoms with Crippen LogP contribution in [0.1, 0.15) is 43.0 Å². The number of aromatic amines is 1. The van der Waals surface area contributed by atoms with E-state index in [1.54, 1.807) is 44.6 Å². The van der Waals surface area contributed by atoms with Crippen molar-refractivity contribution in [2.45, 2.75) is 51.6 Å². The molecule has 11 heteroatoms. The summed E-state index contributed by atoms with van der Waals surface area (Å²) >= 11 is 0. The van der Waals surface area contributed by atoms with E-state index in [0.717, 1.165) is 6.42 Å². The van der Waals surface area contributed by atoms with Gasteiger partial charge in [-0.3, -0.25) is 19.4 Å². The summed E-state index contributed by atoms with van der Waals surface area (Å²) < 4.78 is 20.4. The van der Waals surface area contributed by atoms with E-state index in [-0.39, 0.29) is 48.0 Å². The van der Waals surface area contributed by atoms with E-state index < -0.39 is 12.1 Å². The van der Waals surface area contributed by atoms with Gasteiger partial charge in [0.2, 0.25) is 5.91 Å². The molecular formula is C28H34FN5O5. The Balaban J connectivity index is 1.77. The van der Waals surface area contributed by atoms with Crippen molar-refractivity contribution < 1.29 is 23.5 Å². The average molecular weight is 540 g/mol. The topological polar surface area (TPSA) is 126 Å². The van der Waals surface area contributed by atoms with Gasteiger partial charge in [0.05, 0.1) is 36.9 Å². The number of alkyl carbamates (subject to hydrolysis) is 1. The van der Waals surface area contributed by atoms with Crippen molar-refractivity contribution in [3.8, 4) is 0 Å². The number of carbonyl (C=O) groups is 3. The first-order valence-corrected chi connectivity index (χ1v) is 12.7. The highest BCUT2D eigenvalue weighted by Gasteiger charge is 2.22. The molecule has 0 fully saturated rings. The molecule has 0 aromatic carbocycles. The number of amides is 2. The first kappa shape index (κ1) is 29.3. The van der Waals surface area contributed by atoms with Crippen LogP contribution >= 0.6 is 0 Å². The van der Waals surface area contributed by atoms with Crippen LogP contribution in [-0.2, 0) is 33.7 Å². The number of H-pyrrole nitrogens is 1. The maximum absolute atomic E-state index is 14.3.